The number of carbonyl (C=O) groups is 1. The van der Waals surface area contributed by atoms with Crippen LogP contribution in [0.4, 0.5) is 4.79 Å². The van der Waals surface area contributed by atoms with Gasteiger partial charge >= 0.3 is 11.8 Å². The Bertz CT molecular complexity index is 1160. The predicted octanol–water partition coefficient (Wildman–Crippen LogP) is 6.39. The first-order chi connectivity index (χ1) is 17.4. The summed E-state index contributed by atoms with van der Waals surface area (Å²) in [6, 6.07) is 0. The summed E-state index contributed by atoms with van der Waals surface area (Å²) in [7, 11) is -4.28. The molecule has 0 unspecified atom stereocenters. The van der Waals surface area contributed by atoms with Crippen molar-refractivity contribution in [1.82, 2.24) is 9.13 Å². The van der Waals surface area contributed by atoms with E-state index in [-0.39, 0.29) is 27.1 Å². The highest BCUT2D eigenvalue weighted by atomic mass is 79.9. The topological polar surface area (TPSA) is 98.0 Å². The summed E-state index contributed by atoms with van der Waals surface area (Å²) >= 11 is 3.31. The zero-order chi connectivity index (χ0) is 30.4. The van der Waals surface area contributed by atoms with Crippen LogP contribution < -0.4 is 11.2 Å². The number of nitrogens with zero attached hydrogens (tertiary/aromatic N) is 2. The van der Waals surface area contributed by atoms with Crippen LogP contribution in [0.5, 0.6) is 0 Å². The Morgan fingerprint density at radius 3 is 2.00 bits per heavy atom. The average molecular weight is 650 g/mol. The molecule has 0 spiro atoms. The summed E-state index contributed by atoms with van der Waals surface area (Å²) < 4.78 is 27.0. The molecule has 0 aliphatic carbocycles. The number of hydrogen-bond donors (Lipinski definition) is 0. The van der Waals surface area contributed by atoms with Gasteiger partial charge in [-0.15, -0.1) is 0 Å². The summed E-state index contributed by atoms with van der Waals surface area (Å²) in [5, 5.41) is 0.148. The maximum Gasteiger partial charge on any atom is 0.425 e. The van der Waals surface area contributed by atoms with Gasteiger partial charge in [-0.05, 0) is 57.0 Å². The lowest BCUT2D eigenvalue weighted by molar-refractivity contribution is -0.0417. The fourth-order valence-corrected chi connectivity index (χ4v) is 6.36. The summed E-state index contributed by atoms with van der Waals surface area (Å²) in [6.07, 6.45) is -0.648. The second-order valence-corrected chi connectivity index (χ2v) is 24.6. The van der Waals surface area contributed by atoms with Crippen molar-refractivity contribution < 1.29 is 23.1 Å². The van der Waals surface area contributed by atoms with E-state index in [1.165, 1.54) is 10.8 Å². The van der Waals surface area contributed by atoms with Crippen molar-refractivity contribution in [2.45, 2.75) is 134 Å². The standard InChI is InChI=1S/C27H49BrN2O7Si2/c1-25(2,3)36-24(33)30-22(31)18(15-28)16-29(23(30)32)21-14-19(37-39(12,13)27(7,8)9)20(35-21)17-34-38(10,11)26(4,5)6/h16,19-21H,14-15,17H2,1-13H3/t19-,20-,21-/m1/s1. The van der Waals surface area contributed by atoms with Crippen LogP contribution in [0.2, 0.25) is 36.3 Å². The number of alkyl halides is 1. The van der Waals surface area contributed by atoms with Gasteiger partial charge in [0.15, 0.2) is 16.6 Å². The molecular weight excluding hydrogens is 600 g/mol. The third-order valence-electron chi connectivity index (χ3n) is 8.06. The van der Waals surface area contributed by atoms with Gasteiger partial charge in [-0.3, -0.25) is 9.36 Å². The van der Waals surface area contributed by atoms with Gasteiger partial charge in [0.2, 0.25) is 0 Å². The number of ether oxygens (including phenoxy) is 2. The van der Waals surface area contributed by atoms with Gasteiger partial charge in [0.25, 0.3) is 5.56 Å². The lowest BCUT2D eigenvalue weighted by Crippen LogP contribution is -2.48. The van der Waals surface area contributed by atoms with Gasteiger partial charge in [0.05, 0.1) is 12.7 Å². The van der Waals surface area contributed by atoms with Crippen molar-refractivity contribution in [3.63, 3.8) is 0 Å². The molecule has 0 bridgehead atoms. The Kier molecular flexibility index (Phi) is 10.2. The van der Waals surface area contributed by atoms with E-state index >= 15 is 0 Å². The SMILES string of the molecule is CC(C)(C)OC(=O)n1c(=O)c(CBr)cn([C@H]2C[C@@H](O[Si](C)(C)C(C)(C)C)[C@@H](CO[Si](C)(C)C(C)(C)C)O2)c1=O. The molecule has 1 aliphatic rings. The fraction of sp³-hybridized carbons (Fsp3) is 0.815. The molecule has 0 aromatic carbocycles. The molecule has 0 amide bonds. The molecule has 3 atom stereocenters. The van der Waals surface area contributed by atoms with Crippen molar-refractivity contribution >= 4 is 38.7 Å². The van der Waals surface area contributed by atoms with E-state index in [1.807, 2.05) is 0 Å². The maximum atomic E-state index is 13.6. The second kappa shape index (κ2) is 11.7. The Morgan fingerprint density at radius 1 is 1.00 bits per heavy atom. The van der Waals surface area contributed by atoms with Crippen LogP contribution in [0.3, 0.4) is 0 Å². The quantitative estimate of drug-likeness (QED) is 0.250. The number of hydrogen-bond acceptors (Lipinski definition) is 7. The van der Waals surface area contributed by atoms with Crippen molar-refractivity contribution in [2.75, 3.05) is 6.61 Å². The predicted molar refractivity (Wildman–Crippen MR) is 163 cm³/mol. The second-order valence-electron chi connectivity index (χ2n) is 14.5. The normalized spacial score (nSPS) is 21.3. The summed E-state index contributed by atoms with van der Waals surface area (Å²) in [4.78, 5) is 39.5. The van der Waals surface area contributed by atoms with Gasteiger partial charge in [0, 0.05) is 23.5 Å². The minimum Gasteiger partial charge on any atom is -0.443 e. The molecule has 1 fully saturated rings. The van der Waals surface area contributed by atoms with Crippen molar-refractivity contribution in [2.24, 2.45) is 0 Å². The lowest BCUT2D eigenvalue weighted by Gasteiger charge is -2.40. The highest BCUT2D eigenvalue weighted by molar-refractivity contribution is 9.08. The van der Waals surface area contributed by atoms with Crippen LogP contribution in [0.1, 0.15) is 80.5 Å². The lowest BCUT2D eigenvalue weighted by atomic mass is 10.2. The van der Waals surface area contributed by atoms with E-state index in [2.05, 4.69) is 83.7 Å². The smallest absolute Gasteiger partial charge is 0.425 e. The molecule has 224 valence electrons. The van der Waals surface area contributed by atoms with Gasteiger partial charge in [-0.2, -0.15) is 4.57 Å². The molecule has 1 aromatic rings. The summed E-state index contributed by atoms with van der Waals surface area (Å²) in [6.45, 7) is 27.2. The third kappa shape index (κ3) is 8.03. The van der Waals surface area contributed by atoms with Crippen LogP contribution in [0, 0.1) is 0 Å². The van der Waals surface area contributed by atoms with Crippen LogP contribution in [-0.4, -0.2) is 56.3 Å². The number of carbonyl (C=O) groups excluding carboxylic acids is 1. The van der Waals surface area contributed by atoms with Crippen molar-refractivity contribution in [1.29, 1.82) is 0 Å². The molecule has 1 saturated heterocycles. The minimum absolute atomic E-state index is 0.0193. The minimum atomic E-state index is -2.20. The van der Waals surface area contributed by atoms with E-state index < -0.39 is 51.9 Å². The Hall–Kier alpha value is -1.06. The fourth-order valence-electron chi connectivity index (χ4n) is 3.60. The van der Waals surface area contributed by atoms with E-state index in [4.69, 9.17) is 18.3 Å². The van der Waals surface area contributed by atoms with Gasteiger partial charge in [-0.25, -0.2) is 9.59 Å². The summed E-state index contributed by atoms with van der Waals surface area (Å²) in [5.74, 6) is 0. The molecule has 1 aromatic heterocycles. The highest BCUT2D eigenvalue weighted by Gasteiger charge is 2.47. The Labute approximate surface area is 243 Å². The molecule has 0 N–H and O–H groups in total. The van der Waals surface area contributed by atoms with E-state index in [0.717, 1.165) is 0 Å². The number of rotatable bonds is 7. The largest absolute Gasteiger partial charge is 0.443 e. The zero-order valence-electron chi connectivity index (χ0n) is 26.1. The molecule has 9 nitrogen and oxygen atoms in total. The van der Waals surface area contributed by atoms with Crippen LogP contribution in [0.25, 0.3) is 0 Å². The summed E-state index contributed by atoms with van der Waals surface area (Å²) in [5.41, 5.74) is -2.16. The van der Waals surface area contributed by atoms with E-state index in [1.54, 1.807) is 20.8 Å². The molecule has 0 saturated carbocycles. The van der Waals surface area contributed by atoms with E-state index in [0.29, 0.717) is 17.6 Å². The molecule has 0 radical (unpaired) electrons. The molecule has 1 aliphatic heterocycles. The van der Waals surface area contributed by atoms with Crippen molar-refractivity contribution in [3.05, 3.63) is 32.6 Å². The molecule has 2 heterocycles. The first kappa shape index (κ1) is 34.1. The molecule has 12 heteroatoms. The zero-order valence-corrected chi connectivity index (χ0v) is 29.6. The van der Waals surface area contributed by atoms with Crippen LogP contribution in [-0.2, 0) is 23.7 Å². The van der Waals surface area contributed by atoms with Gasteiger partial charge < -0.3 is 18.3 Å². The van der Waals surface area contributed by atoms with Crippen LogP contribution >= 0.6 is 15.9 Å². The van der Waals surface area contributed by atoms with Crippen molar-refractivity contribution in [3.8, 4) is 0 Å². The Morgan fingerprint density at radius 2 is 1.54 bits per heavy atom. The molecular formula is C27H49BrN2O7Si2. The first-order valence-corrected chi connectivity index (χ1v) is 20.5. The first-order valence-electron chi connectivity index (χ1n) is 13.6. The third-order valence-corrected chi connectivity index (χ3v) is 17.7. The molecule has 39 heavy (non-hydrogen) atoms. The van der Waals surface area contributed by atoms with Gasteiger partial charge in [0.1, 0.15) is 17.9 Å². The number of aromatic nitrogens is 2. The highest BCUT2D eigenvalue weighted by Crippen LogP contribution is 2.42. The van der Waals surface area contributed by atoms with E-state index in [9.17, 15) is 14.4 Å². The average Bonchev–Trinajstić information content (AvgIpc) is 3.11. The Balaban J connectivity index is 2.54. The number of halogens is 1. The van der Waals surface area contributed by atoms with Crippen LogP contribution in [0.15, 0.2) is 15.8 Å². The monoisotopic (exact) mass is 648 g/mol. The molecule has 2 rings (SSSR count). The van der Waals surface area contributed by atoms with Gasteiger partial charge in [-0.1, -0.05) is 57.5 Å². The maximum absolute atomic E-state index is 13.6.